The number of likely N-dealkylation sites (N-methyl/N-ethyl adjacent to an activating group) is 2. The van der Waals surface area contributed by atoms with Crippen LogP contribution in [0.25, 0.3) is 0 Å². The number of piperazine rings is 1. The van der Waals surface area contributed by atoms with Gasteiger partial charge in [0.2, 0.25) is 5.95 Å². The van der Waals surface area contributed by atoms with Gasteiger partial charge < -0.3 is 14.7 Å². The van der Waals surface area contributed by atoms with E-state index in [9.17, 15) is 4.79 Å². The topological polar surface area (TPSA) is 65.5 Å². The van der Waals surface area contributed by atoms with Gasteiger partial charge in [-0.25, -0.2) is 9.97 Å². The first-order chi connectivity index (χ1) is 12.7. The van der Waals surface area contributed by atoms with Crippen molar-refractivity contribution in [1.29, 1.82) is 0 Å². The van der Waals surface area contributed by atoms with Gasteiger partial charge in [0.15, 0.2) is 0 Å². The van der Waals surface area contributed by atoms with Crippen LogP contribution in [-0.4, -0.2) is 77.0 Å². The lowest BCUT2D eigenvalue weighted by atomic mass is 10.2. The van der Waals surface area contributed by atoms with Crippen LogP contribution in [0.3, 0.4) is 0 Å². The highest BCUT2D eigenvalue weighted by Crippen LogP contribution is 2.11. The van der Waals surface area contributed by atoms with Crippen LogP contribution in [0.4, 0.5) is 5.95 Å². The van der Waals surface area contributed by atoms with Crippen molar-refractivity contribution in [3.8, 4) is 0 Å². The second-order valence-corrected chi connectivity index (χ2v) is 6.53. The van der Waals surface area contributed by atoms with Gasteiger partial charge in [0, 0.05) is 64.6 Å². The molecule has 3 rings (SSSR count). The summed E-state index contributed by atoms with van der Waals surface area (Å²) < 4.78 is 0. The quantitative estimate of drug-likeness (QED) is 0.780. The zero-order valence-electron chi connectivity index (χ0n) is 15.5. The molecule has 0 unspecified atom stereocenters. The average molecular weight is 354 g/mol. The Kier molecular flexibility index (Phi) is 6.12. The van der Waals surface area contributed by atoms with Crippen LogP contribution in [-0.2, 0) is 6.42 Å². The lowest BCUT2D eigenvalue weighted by molar-refractivity contribution is 0.0642. The maximum atomic E-state index is 12.6. The number of rotatable bonds is 6. The van der Waals surface area contributed by atoms with Crippen molar-refractivity contribution in [1.82, 2.24) is 24.8 Å². The van der Waals surface area contributed by atoms with Crippen molar-refractivity contribution in [2.24, 2.45) is 0 Å². The summed E-state index contributed by atoms with van der Waals surface area (Å²) >= 11 is 0. The third-order valence-electron chi connectivity index (χ3n) is 4.82. The van der Waals surface area contributed by atoms with Crippen LogP contribution in [0.1, 0.15) is 22.8 Å². The Bertz CT molecular complexity index is 698. The second-order valence-electron chi connectivity index (χ2n) is 6.53. The van der Waals surface area contributed by atoms with Gasteiger partial charge in [-0.05, 0) is 30.7 Å². The van der Waals surface area contributed by atoms with Crippen molar-refractivity contribution < 1.29 is 4.79 Å². The monoisotopic (exact) mass is 354 g/mol. The second kappa shape index (κ2) is 8.71. The van der Waals surface area contributed by atoms with E-state index >= 15 is 0 Å². The summed E-state index contributed by atoms with van der Waals surface area (Å²) in [6.45, 7) is 7.37. The number of anilines is 1. The van der Waals surface area contributed by atoms with Crippen molar-refractivity contribution >= 4 is 11.9 Å². The zero-order valence-corrected chi connectivity index (χ0v) is 15.5. The molecular weight excluding hydrogens is 328 g/mol. The van der Waals surface area contributed by atoms with Gasteiger partial charge in [0.25, 0.3) is 5.91 Å². The average Bonchev–Trinajstić information content (AvgIpc) is 2.72. The Morgan fingerprint density at radius 1 is 1.12 bits per heavy atom. The minimum Gasteiger partial charge on any atom is -0.344 e. The van der Waals surface area contributed by atoms with E-state index < -0.39 is 0 Å². The molecule has 7 nitrogen and oxygen atoms in total. The molecule has 0 spiro atoms. The van der Waals surface area contributed by atoms with Crippen LogP contribution in [0.5, 0.6) is 0 Å². The fourth-order valence-electron chi connectivity index (χ4n) is 3.02. The Hall–Kier alpha value is -2.54. The van der Waals surface area contributed by atoms with Crippen LogP contribution >= 0.6 is 0 Å². The van der Waals surface area contributed by atoms with Gasteiger partial charge in [-0.3, -0.25) is 9.78 Å². The minimum atomic E-state index is 0.0201. The molecule has 0 atom stereocenters. The summed E-state index contributed by atoms with van der Waals surface area (Å²) in [6.07, 6.45) is 7.77. The summed E-state index contributed by atoms with van der Waals surface area (Å²) in [6, 6.07) is 4.02. The van der Waals surface area contributed by atoms with Crippen LogP contribution in [0.15, 0.2) is 36.9 Å². The number of amides is 1. The number of hydrogen-bond acceptors (Lipinski definition) is 6. The van der Waals surface area contributed by atoms with E-state index in [2.05, 4.69) is 26.8 Å². The Morgan fingerprint density at radius 2 is 1.77 bits per heavy atom. The molecule has 26 heavy (non-hydrogen) atoms. The first-order valence-corrected chi connectivity index (χ1v) is 9.11. The number of nitrogens with zero attached hydrogens (tertiary/aromatic N) is 6. The molecule has 0 bridgehead atoms. The minimum absolute atomic E-state index is 0.0201. The highest BCUT2D eigenvalue weighted by Gasteiger charge is 2.22. The van der Waals surface area contributed by atoms with E-state index in [-0.39, 0.29) is 5.91 Å². The van der Waals surface area contributed by atoms with Gasteiger partial charge in [-0.1, -0.05) is 6.92 Å². The maximum Gasteiger partial charge on any atom is 0.257 e. The normalized spacial score (nSPS) is 15.1. The molecule has 1 fully saturated rings. The Balaban J connectivity index is 1.55. The summed E-state index contributed by atoms with van der Waals surface area (Å²) in [5, 5.41) is 0. The standard InChI is InChI=1S/C19H26N6O/c1-3-24-10-12-25(13-11-24)18(26)17-14-21-19(22-15-17)23(2)9-6-16-4-7-20-8-5-16/h4-5,7-8,14-15H,3,6,9-13H2,1-2H3. The molecule has 0 radical (unpaired) electrons. The number of carbonyl (C=O) groups excluding carboxylic acids is 1. The van der Waals surface area contributed by atoms with Gasteiger partial charge in [-0.15, -0.1) is 0 Å². The van der Waals surface area contributed by atoms with E-state index in [1.807, 2.05) is 29.0 Å². The van der Waals surface area contributed by atoms with Crippen LogP contribution < -0.4 is 4.90 Å². The molecule has 2 aromatic heterocycles. The maximum absolute atomic E-state index is 12.6. The van der Waals surface area contributed by atoms with Crippen molar-refractivity contribution in [2.45, 2.75) is 13.3 Å². The lowest BCUT2D eigenvalue weighted by Crippen LogP contribution is -2.48. The predicted octanol–water partition coefficient (Wildman–Crippen LogP) is 1.33. The first kappa shape index (κ1) is 18.3. The summed E-state index contributed by atoms with van der Waals surface area (Å²) in [5.74, 6) is 0.651. The molecule has 0 aromatic carbocycles. The predicted molar refractivity (Wildman–Crippen MR) is 101 cm³/mol. The highest BCUT2D eigenvalue weighted by atomic mass is 16.2. The Morgan fingerprint density at radius 3 is 2.38 bits per heavy atom. The summed E-state index contributed by atoms with van der Waals surface area (Å²) in [5.41, 5.74) is 1.78. The fraction of sp³-hybridized carbons (Fsp3) is 0.474. The number of aromatic nitrogens is 3. The third-order valence-corrected chi connectivity index (χ3v) is 4.82. The number of pyridine rings is 1. The van der Waals surface area contributed by atoms with Gasteiger partial charge in [0.1, 0.15) is 0 Å². The smallest absolute Gasteiger partial charge is 0.257 e. The Labute approximate surface area is 154 Å². The molecule has 7 heteroatoms. The van der Waals surface area contributed by atoms with E-state index in [0.29, 0.717) is 11.5 Å². The molecule has 0 N–H and O–H groups in total. The molecule has 1 aliphatic heterocycles. The van der Waals surface area contributed by atoms with Crippen molar-refractivity contribution in [3.05, 3.63) is 48.0 Å². The fourth-order valence-corrected chi connectivity index (χ4v) is 3.02. The molecule has 138 valence electrons. The van der Waals surface area contributed by atoms with Crippen molar-refractivity contribution in [3.63, 3.8) is 0 Å². The summed E-state index contributed by atoms with van der Waals surface area (Å²) in [4.78, 5) is 31.6. The molecular formula is C19H26N6O. The molecule has 1 amide bonds. The molecule has 2 aromatic rings. The zero-order chi connectivity index (χ0) is 18.4. The van der Waals surface area contributed by atoms with Crippen LogP contribution in [0, 0.1) is 0 Å². The third kappa shape index (κ3) is 4.54. The van der Waals surface area contributed by atoms with Crippen LogP contribution in [0.2, 0.25) is 0 Å². The lowest BCUT2D eigenvalue weighted by Gasteiger charge is -2.34. The van der Waals surface area contributed by atoms with E-state index in [1.54, 1.807) is 24.8 Å². The highest BCUT2D eigenvalue weighted by molar-refractivity contribution is 5.93. The van der Waals surface area contributed by atoms with E-state index in [4.69, 9.17) is 0 Å². The van der Waals surface area contributed by atoms with Crippen molar-refractivity contribution in [2.75, 3.05) is 51.2 Å². The molecule has 0 aliphatic carbocycles. The largest absolute Gasteiger partial charge is 0.344 e. The SMILES string of the molecule is CCN1CCN(C(=O)c2cnc(N(C)CCc3ccncc3)nc2)CC1. The summed E-state index contributed by atoms with van der Waals surface area (Å²) in [7, 11) is 1.96. The first-order valence-electron chi connectivity index (χ1n) is 9.11. The van der Waals surface area contributed by atoms with Gasteiger partial charge >= 0.3 is 0 Å². The number of hydrogen-bond donors (Lipinski definition) is 0. The number of carbonyl (C=O) groups is 1. The molecule has 0 saturated carbocycles. The molecule has 1 saturated heterocycles. The van der Waals surface area contributed by atoms with E-state index in [0.717, 1.165) is 45.7 Å². The van der Waals surface area contributed by atoms with Gasteiger partial charge in [0.05, 0.1) is 5.56 Å². The van der Waals surface area contributed by atoms with Gasteiger partial charge in [-0.2, -0.15) is 0 Å². The molecule has 1 aliphatic rings. The molecule has 3 heterocycles. The van der Waals surface area contributed by atoms with E-state index in [1.165, 1.54) is 5.56 Å².